The third kappa shape index (κ3) is 2.81. The predicted octanol–water partition coefficient (Wildman–Crippen LogP) is 2.21. The Balaban J connectivity index is 3.73. The van der Waals surface area contributed by atoms with Crippen LogP contribution in [0.1, 0.15) is 11.1 Å². The first-order valence-electron chi connectivity index (χ1n) is 3.86. The maximum atomic E-state index is 12.5. The molecule has 92 valence electrons. The van der Waals surface area contributed by atoms with E-state index in [1.807, 2.05) is 0 Å². The molecule has 1 aromatic carbocycles. The summed E-state index contributed by atoms with van der Waals surface area (Å²) in [4.78, 5) is -1.29. The highest BCUT2D eigenvalue weighted by Gasteiger charge is 2.37. The van der Waals surface area contributed by atoms with Crippen LogP contribution >= 0.6 is 10.7 Å². The molecule has 0 bridgehead atoms. The van der Waals surface area contributed by atoms with Crippen LogP contribution in [0.4, 0.5) is 13.2 Å². The first-order valence-corrected chi connectivity index (χ1v) is 6.17. The highest BCUT2D eigenvalue weighted by molar-refractivity contribution is 8.13. The van der Waals surface area contributed by atoms with Gasteiger partial charge in [0.1, 0.15) is 11.8 Å². The van der Waals surface area contributed by atoms with E-state index in [9.17, 15) is 21.6 Å². The van der Waals surface area contributed by atoms with Crippen LogP contribution in [0.3, 0.4) is 0 Å². The number of benzene rings is 1. The number of hydrogen-bond donors (Lipinski definition) is 1. The molecule has 4 nitrogen and oxygen atoms in total. The number of hydrogen-bond acceptors (Lipinski definition) is 4. The molecule has 0 aliphatic rings. The second-order valence-corrected chi connectivity index (χ2v) is 5.45. The van der Waals surface area contributed by atoms with E-state index in [1.54, 1.807) is 0 Å². The lowest BCUT2D eigenvalue weighted by molar-refractivity contribution is -0.139. The molecule has 0 aromatic heterocycles. The van der Waals surface area contributed by atoms with Crippen LogP contribution in [-0.4, -0.2) is 13.5 Å². The molecule has 0 unspecified atom stereocenters. The molecule has 0 atom stereocenters. The molecule has 0 saturated heterocycles. The van der Waals surface area contributed by atoms with Gasteiger partial charge >= 0.3 is 6.18 Å². The lowest BCUT2D eigenvalue weighted by atomic mass is 10.1. The van der Waals surface area contributed by atoms with Crippen LogP contribution in [0.15, 0.2) is 17.0 Å². The van der Waals surface area contributed by atoms with E-state index in [0.29, 0.717) is 6.07 Å². The predicted molar refractivity (Wildman–Crippen MR) is 50.9 cm³/mol. The summed E-state index contributed by atoms with van der Waals surface area (Å²) in [7, 11) is 0.134. The molecular formula is C8H3ClF3NO3S. The third-order valence-corrected chi connectivity index (χ3v) is 3.15. The van der Waals surface area contributed by atoms with Crippen molar-refractivity contribution in [3.05, 3.63) is 23.3 Å². The van der Waals surface area contributed by atoms with Crippen molar-refractivity contribution in [1.82, 2.24) is 0 Å². The minimum Gasteiger partial charge on any atom is -0.507 e. The van der Waals surface area contributed by atoms with Crippen molar-refractivity contribution in [2.24, 2.45) is 0 Å². The number of aromatic hydroxyl groups is 1. The molecule has 0 saturated carbocycles. The molecule has 0 spiro atoms. The van der Waals surface area contributed by atoms with E-state index < -0.39 is 37.0 Å². The van der Waals surface area contributed by atoms with Crippen LogP contribution < -0.4 is 0 Å². The highest BCUT2D eigenvalue weighted by Crippen LogP contribution is 2.38. The van der Waals surface area contributed by atoms with Crippen molar-refractivity contribution >= 4 is 19.7 Å². The zero-order chi connectivity index (χ0) is 13.4. The highest BCUT2D eigenvalue weighted by atomic mass is 35.7. The Morgan fingerprint density at radius 1 is 1.35 bits per heavy atom. The summed E-state index contributed by atoms with van der Waals surface area (Å²) in [6, 6.07) is 1.82. The van der Waals surface area contributed by atoms with Crippen molar-refractivity contribution in [1.29, 1.82) is 5.26 Å². The first-order chi connectivity index (χ1) is 7.57. The van der Waals surface area contributed by atoms with E-state index in [0.717, 1.165) is 0 Å². The van der Waals surface area contributed by atoms with Gasteiger partial charge < -0.3 is 5.11 Å². The Labute approximate surface area is 98.3 Å². The zero-order valence-corrected chi connectivity index (χ0v) is 9.36. The van der Waals surface area contributed by atoms with Crippen molar-refractivity contribution in [2.45, 2.75) is 11.1 Å². The van der Waals surface area contributed by atoms with Crippen LogP contribution in [0, 0.1) is 11.3 Å². The average Bonchev–Trinajstić information content (AvgIpc) is 2.14. The van der Waals surface area contributed by atoms with Gasteiger partial charge in [0, 0.05) is 16.7 Å². The van der Waals surface area contributed by atoms with E-state index in [1.165, 1.54) is 6.07 Å². The van der Waals surface area contributed by atoms with Crippen molar-refractivity contribution in [3.8, 4) is 11.8 Å². The number of phenolic OH excluding ortho intramolecular Hbond substituents is 1. The topological polar surface area (TPSA) is 78.2 Å². The Bertz CT molecular complexity index is 604. The minimum absolute atomic E-state index is 0.227. The summed E-state index contributed by atoms with van der Waals surface area (Å²) >= 11 is 0. The van der Waals surface area contributed by atoms with Gasteiger partial charge in [-0.15, -0.1) is 0 Å². The van der Waals surface area contributed by atoms with Gasteiger partial charge in [0.05, 0.1) is 16.0 Å². The number of nitrogens with zero attached hydrogens (tertiary/aromatic N) is 1. The normalized spacial score (nSPS) is 12.2. The van der Waals surface area contributed by atoms with E-state index in [4.69, 9.17) is 21.1 Å². The number of phenols is 1. The maximum Gasteiger partial charge on any atom is 0.417 e. The fourth-order valence-corrected chi connectivity index (χ4v) is 2.15. The molecule has 1 aromatic rings. The number of rotatable bonds is 1. The monoisotopic (exact) mass is 285 g/mol. The van der Waals surface area contributed by atoms with Gasteiger partial charge in [-0.3, -0.25) is 0 Å². The fourth-order valence-electron chi connectivity index (χ4n) is 1.08. The number of alkyl halides is 3. The van der Waals surface area contributed by atoms with Crippen molar-refractivity contribution in [2.75, 3.05) is 0 Å². The fraction of sp³-hybridized carbons (Fsp3) is 0.125. The minimum atomic E-state index is -5.00. The van der Waals surface area contributed by atoms with Gasteiger partial charge in [-0.05, 0) is 6.07 Å². The van der Waals surface area contributed by atoms with Crippen LogP contribution in [0.25, 0.3) is 0 Å². The molecule has 1 N–H and O–H groups in total. The molecule has 0 amide bonds. The molecule has 0 aliphatic carbocycles. The Hall–Kier alpha value is -1.46. The summed E-state index contributed by atoms with van der Waals surface area (Å²) in [6.07, 6.45) is -5.00. The van der Waals surface area contributed by atoms with E-state index in [2.05, 4.69) is 0 Å². The van der Waals surface area contributed by atoms with Crippen molar-refractivity contribution in [3.63, 3.8) is 0 Å². The van der Waals surface area contributed by atoms with Crippen LogP contribution in [0.5, 0.6) is 5.75 Å². The van der Waals surface area contributed by atoms with Gasteiger partial charge in [0.15, 0.2) is 0 Å². The molecule has 0 fully saturated rings. The Morgan fingerprint density at radius 3 is 2.24 bits per heavy atom. The lowest BCUT2D eigenvalue weighted by Crippen LogP contribution is -2.11. The van der Waals surface area contributed by atoms with Crippen LogP contribution in [-0.2, 0) is 15.2 Å². The van der Waals surface area contributed by atoms with Crippen LogP contribution in [0.2, 0.25) is 0 Å². The van der Waals surface area contributed by atoms with Crippen molar-refractivity contribution < 1.29 is 26.7 Å². The summed E-state index contributed by atoms with van der Waals surface area (Å²) in [5.74, 6) is -0.889. The molecule has 0 heterocycles. The largest absolute Gasteiger partial charge is 0.507 e. The quantitative estimate of drug-likeness (QED) is 0.802. The van der Waals surface area contributed by atoms with Gasteiger partial charge in [0.2, 0.25) is 0 Å². The molecule has 0 radical (unpaired) electrons. The standard InChI is InChI=1S/C8H3ClF3NO3S/c9-17(15,16)7-2-6(14)4(3-13)1-5(7)8(10,11)12/h1-2,14H. The zero-order valence-electron chi connectivity index (χ0n) is 7.79. The molecule has 17 heavy (non-hydrogen) atoms. The number of halogens is 4. The summed E-state index contributed by atoms with van der Waals surface area (Å²) in [6.45, 7) is 0. The summed E-state index contributed by atoms with van der Waals surface area (Å²) in [5.41, 5.74) is -2.29. The van der Waals surface area contributed by atoms with Gasteiger partial charge in [0.25, 0.3) is 9.05 Å². The number of nitriles is 1. The Kier molecular flexibility index (Phi) is 3.27. The summed E-state index contributed by atoms with van der Waals surface area (Å²) < 4.78 is 59.4. The van der Waals surface area contributed by atoms with Gasteiger partial charge in [-0.1, -0.05) is 0 Å². The first kappa shape index (κ1) is 13.6. The molecular weight excluding hydrogens is 283 g/mol. The third-order valence-electron chi connectivity index (χ3n) is 1.79. The Morgan fingerprint density at radius 2 is 1.88 bits per heavy atom. The molecule has 0 aliphatic heterocycles. The maximum absolute atomic E-state index is 12.5. The molecule has 9 heteroatoms. The summed E-state index contributed by atoms with van der Waals surface area (Å²) in [5, 5.41) is 17.6. The molecule has 1 rings (SSSR count). The van der Waals surface area contributed by atoms with Gasteiger partial charge in [-0.25, -0.2) is 8.42 Å². The lowest BCUT2D eigenvalue weighted by Gasteiger charge is -2.11. The van der Waals surface area contributed by atoms with E-state index in [-0.39, 0.29) is 6.07 Å². The van der Waals surface area contributed by atoms with Gasteiger partial charge in [-0.2, -0.15) is 18.4 Å². The smallest absolute Gasteiger partial charge is 0.417 e. The van der Waals surface area contributed by atoms with E-state index >= 15 is 0 Å². The average molecular weight is 286 g/mol. The SMILES string of the molecule is N#Cc1cc(C(F)(F)F)c(S(=O)(=O)Cl)cc1O. The second-order valence-electron chi connectivity index (χ2n) is 2.91. The second kappa shape index (κ2) is 4.09.